The second kappa shape index (κ2) is 5.84. The van der Waals surface area contributed by atoms with Crippen LogP contribution in [0, 0.1) is 0 Å². The molecule has 0 fully saturated rings. The van der Waals surface area contributed by atoms with Gasteiger partial charge in [0.25, 0.3) is 5.91 Å². The summed E-state index contributed by atoms with van der Waals surface area (Å²) >= 11 is 0. The Morgan fingerprint density at radius 1 is 1.42 bits per heavy atom. The molecule has 0 unspecified atom stereocenters. The van der Waals surface area contributed by atoms with Gasteiger partial charge in [0.2, 0.25) is 0 Å². The number of hydrogen-bond acceptors (Lipinski definition) is 3. The molecule has 2 rings (SSSR count). The summed E-state index contributed by atoms with van der Waals surface area (Å²) in [6.45, 7) is 1.66. The van der Waals surface area contributed by atoms with E-state index in [9.17, 15) is 4.79 Å². The Morgan fingerprint density at radius 2 is 2.21 bits per heavy atom. The smallest absolute Gasteiger partial charge is 0.251 e. The molecule has 102 valence electrons. The van der Waals surface area contributed by atoms with Crippen molar-refractivity contribution in [1.29, 1.82) is 0 Å². The first-order valence-corrected chi connectivity index (χ1v) is 6.42. The van der Waals surface area contributed by atoms with Gasteiger partial charge in [0.15, 0.2) is 0 Å². The van der Waals surface area contributed by atoms with Gasteiger partial charge in [-0.25, -0.2) is 0 Å². The lowest BCUT2D eigenvalue weighted by molar-refractivity contribution is 0.0952. The second-order valence-electron chi connectivity index (χ2n) is 4.99. The van der Waals surface area contributed by atoms with Crippen molar-refractivity contribution in [1.82, 2.24) is 20.0 Å². The zero-order valence-electron chi connectivity index (χ0n) is 11.7. The van der Waals surface area contributed by atoms with E-state index in [1.54, 1.807) is 4.68 Å². The van der Waals surface area contributed by atoms with Gasteiger partial charge in [0, 0.05) is 30.7 Å². The van der Waals surface area contributed by atoms with Gasteiger partial charge >= 0.3 is 0 Å². The van der Waals surface area contributed by atoms with Gasteiger partial charge in [0.05, 0.1) is 5.52 Å². The topological polar surface area (TPSA) is 50.2 Å². The van der Waals surface area contributed by atoms with Crippen molar-refractivity contribution in [3.8, 4) is 0 Å². The molecule has 0 saturated heterocycles. The van der Waals surface area contributed by atoms with Crippen LogP contribution in [-0.2, 0) is 7.05 Å². The molecule has 0 spiro atoms. The first-order chi connectivity index (χ1) is 9.06. The van der Waals surface area contributed by atoms with E-state index >= 15 is 0 Å². The normalized spacial score (nSPS) is 11.2. The third-order valence-electron chi connectivity index (χ3n) is 2.95. The average molecular weight is 260 g/mol. The summed E-state index contributed by atoms with van der Waals surface area (Å²) in [5, 5.41) is 8.28. The summed E-state index contributed by atoms with van der Waals surface area (Å²) in [4.78, 5) is 14.1. The molecule has 5 heteroatoms. The number of nitrogens with one attached hydrogen (secondary N) is 1. The Balaban J connectivity index is 1.97. The molecule has 19 heavy (non-hydrogen) atoms. The minimum atomic E-state index is -0.0358. The fourth-order valence-corrected chi connectivity index (χ4v) is 1.98. The van der Waals surface area contributed by atoms with E-state index in [1.807, 2.05) is 45.5 Å². The Morgan fingerprint density at radius 3 is 2.95 bits per heavy atom. The van der Waals surface area contributed by atoms with E-state index in [0.29, 0.717) is 12.1 Å². The van der Waals surface area contributed by atoms with Crippen LogP contribution in [0.5, 0.6) is 0 Å². The van der Waals surface area contributed by atoms with Gasteiger partial charge in [-0.3, -0.25) is 9.48 Å². The van der Waals surface area contributed by atoms with Crippen LogP contribution in [0.3, 0.4) is 0 Å². The maximum absolute atomic E-state index is 12.0. The minimum Gasteiger partial charge on any atom is -0.352 e. The lowest BCUT2D eigenvalue weighted by Crippen LogP contribution is -2.27. The number of aryl methyl sites for hydroxylation is 1. The van der Waals surface area contributed by atoms with E-state index in [2.05, 4.69) is 15.3 Å². The van der Waals surface area contributed by atoms with Gasteiger partial charge in [-0.1, -0.05) is 6.07 Å². The highest BCUT2D eigenvalue weighted by Crippen LogP contribution is 2.13. The SMILES string of the molecule is CN(C)CCCNC(=O)c1ccc2cn(C)nc2c1. The summed E-state index contributed by atoms with van der Waals surface area (Å²) < 4.78 is 1.75. The summed E-state index contributed by atoms with van der Waals surface area (Å²) in [7, 11) is 5.93. The minimum absolute atomic E-state index is 0.0358. The van der Waals surface area contributed by atoms with Crippen LogP contribution in [0.4, 0.5) is 0 Å². The lowest BCUT2D eigenvalue weighted by atomic mass is 10.1. The van der Waals surface area contributed by atoms with Crippen LogP contribution >= 0.6 is 0 Å². The molecule has 0 bridgehead atoms. The summed E-state index contributed by atoms with van der Waals surface area (Å²) in [6.07, 6.45) is 2.89. The Hall–Kier alpha value is -1.88. The van der Waals surface area contributed by atoms with Gasteiger partial charge in [-0.05, 0) is 39.2 Å². The molecule has 0 aliphatic carbocycles. The highest BCUT2D eigenvalue weighted by molar-refractivity contribution is 5.97. The molecule has 0 aliphatic heterocycles. The largest absolute Gasteiger partial charge is 0.352 e. The molecule has 1 heterocycles. The van der Waals surface area contributed by atoms with Gasteiger partial charge in [-0.2, -0.15) is 5.10 Å². The highest BCUT2D eigenvalue weighted by atomic mass is 16.1. The summed E-state index contributed by atoms with van der Waals surface area (Å²) in [5.41, 5.74) is 1.51. The molecule has 1 amide bonds. The highest BCUT2D eigenvalue weighted by Gasteiger charge is 2.07. The summed E-state index contributed by atoms with van der Waals surface area (Å²) in [5.74, 6) is -0.0358. The maximum atomic E-state index is 12.0. The average Bonchev–Trinajstić information content (AvgIpc) is 2.73. The van der Waals surface area contributed by atoms with Crippen LogP contribution in [0.15, 0.2) is 24.4 Å². The van der Waals surface area contributed by atoms with E-state index in [4.69, 9.17) is 0 Å². The Bertz CT molecular complexity index is 574. The quantitative estimate of drug-likeness (QED) is 0.823. The van der Waals surface area contributed by atoms with E-state index in [0.717, 1.165) is 23.9 Å². The molecule has 1 aromatic heterocycles. The van der Waals surface area contributed by atoms with E-state index in [1.165, 1.54) is 0 Å². The first-order valence-electron chi connectivity index (χ1n) is 6.42. The number of aromatic nitrogens is 2. The van der Waals surface area contributed by atoms with Gasteiger partial charge in [-0.15, -0.1) is 0 Å². The number of benzene rings is 1. The fraction of sp³-hybridized carbons (Fsp3) is 0.429. The number of nitrogens with zero attached hydrogens (tertiary/aromatic N) is 3. The zero-order chi connectivity index (χ0) is 13.8. The van der Waals surface area contributed by atoms with Crippen molar-refractivity contribution in [2.75, 3.05) is 27.2 Å². The predicted molar refractivity (Wildman–Crippen MR) is 76.2 cm³/mol. The molecule has 0 atom stereocenters. The van der Waals surface area contributed by atoms with Crippen molar-refractivity contribution in [3.05, 3.63) is 30.0 Å². The molecule has 2 aromatic rings. The fourth-order valence-electron chi connectivity index (χ4n) is 1.98. The third-order valence-corrected chi connectivity index (χ3v) is 2.95. The van der Waals surface area contributed by atoms with Crippen molar-refractivity contribution < 1.29 is 4.79 Å². The van der Waals surface area contributed by atoms with Crippen molar-refractivity contribution in [2.24, 2.45) is 7.05 Å². The number of fused-ring (bicyclic) bond motifs is 1. The molecule has 1 N–H and O–H groups in total. The van der Waals surface area contributed by atoms with Crippen LogP contribution in [0.2, 0.25) is 0 Å². The maximum Gasteiger partial charge on any atom is 0.251 e. The van der Waals surface area contributed by atoms with Gasteiger partial charge < -0.3 is 10.2 Å². The van der Waals surface area contributed by atoms with Gasteiger partial charge in [0.1, 0.15) is 0 Å². The lowest BCUT2D eigenvalue weighted by Gasteiger charge is -2.09. The monoisotopic (exact) mass is 260 g/mol. The third kappa shape index (κ3) is 3.54. The number of amides is 1. The van der Waals surface area contributed by atoms with Crippen molar-refractivity contribution >= 4 is 16.8 Å². The molecular weight excluding hydrogens is 240 g/mol. The van der Waals surface area contributed by atoms with Crippen LogP contribution in [0.25, 0.3) is 10.9 Å². The predicted octanol–water partition coefficient (Wildman–Crippen LogP) is 1.25. The van der Waals surface area contributed by atoms with E-state index in [-0.39, 0.29) is 5.91 Å². The van der Waals surface area contributed by atoms with Crippen LogP contribution in [0.1, 0.15) is 16.8 Å². The van der Waals surface area contributed by atoms with Crippen molar-refractivity contribution in [2.45, 2.75) is 6.42 Å². The Labute approximate surface area is 113 Å². The standard InChI is InChI=1S/C14H20N4O/c1-17(2)8-4-7-15-14(19)11-5-6-12-10-18(3)16-13(12)9-11/h5-6,9-10H,4,7-8H2,1-3H3,(H,15,19). The number of carbonyl (C=O) groups excluding carboxylic acids is 1. The number of carbonyl (C=O) groups is 1. The molecule has 0 aliphatic rings. The molecule has 0 radical (unpaired) electrons. The zero-order valence-corrected chi connectivity index (χ0v) is 11.7. The molecule has 1 aromatic carbocycles. The second-order valence-corrected chi connectivity index (χ2v) is 4.99. The van der Waals surface area contributed by atoms with Crippen LogP contribution in [-0.4, -0.2) is 47.8 Å². The Kier molecular flexibility index (Phi) is 4.16. The molecule has 0 saturated carbocycles. The van der Waals surface area contributed by atoms with Crippen LogP contribution < -0.4 is 5.32 Å². The summed E-state index contributed by atoms with van der Waals surface area (Å²) in [6, 6.07) is 5.60. The first kappa shape index (κ1) is 13.5. The number of hydrogen-bond donors (Lipinski definition) is 1. The van der Waals surface area contributed by atoms with Crippen molar-refractivity contribution in [3.63, 3.8) is 0 Å². The molecular formula is C14H20N4O. The van der Waals surface area contributed by atoms with E-state index < -0.39 is 0 Å². The number of rotatable bonds is 5. The molecule has 5 nitrogen and oxygen atoms in total.